The van der Waals surface area contributed by atoms with Crippen molar-refractivity contribution >= 4 is 27.5 Å². The van der Waals surface area contributed by atoms with Gasteiger partial charge in [-0.1, -0.05) is 26.0 Å². The molecule has 0 unspecified atom stereocenters. The van der Waals surface area contributed by atoms with Crippen molar-refractivity contribution in [1.82, 2.24) is 20.1 Å². The van der Waals surface area contributed by atoms with Crippen LogP contribution in [0.2, 0.25) is 0 Å². The Bertz CT molecular complexity index is 860. The molecule has 25 heavy (non-hydrogen) atoms. The number of benzene rings is 1. The highest BCUT2D eigenvalue weighted by molar-refractivity contribution is 7.20. The lowest BCUT2D eigenvalue weighted by Gasteiger charge is -2.29. The number of hydrogen-bond donors (Lipinski definition) is 0. The summed E-state index contributed by atoms with van der Waals surface area (Å²) in [6, 6.07) is 7.85. The second kappa shape index (κ2) is 6.55. The number of rotatable bonds is 3. The predicted octanol–water partition coefficient (Wildman–Crippen LogP) is 3.82. The Labute approximate surface area is 149 Å². The number of para-hydroxylation sites is 1. The molecule has 130 valence electrons. The van der Waals surface area contributed by atoms with Crippen molar-refractivity contribution < 1.29 is 9.21 Å². The van der Waals surface area contributed by atoms with E-state index in [1.54, 1.807) is 0 Å². The second-order valence-corrected chi connectivity index (χ2v) is 7.72. The summed E-state index contributed by atoms with van der Waals surface area (Å²) < 4.78 is 6.82. The van der Waals surface area contributed by atoms with Gasteiger partial charge in [-0.05, 0) is 25.0 Å². The molecule has 0 aliphatic carbocycles. The SMILES string of the molecule is CC(C)c1nnc(C2CCN(C(=O)c3nc4ccccc4s3)CC2)o1. The maximum Gasteiger partial charge on any atom is 0.282 e. The molecule has 4 rings (SSSR count). The first kappa shape index (κ1) is 16.2. The van der Waals surface area contributed by atoms with Crippen molar-refractivity contribution in [2.45, 2.75) is 38.5 Å². The highest BCUT2D eigenvalue weighted by Gasteiger charge is 2.29. The number of carbonyl (C=O) groups excluding carboxylic acids is 1. The van der Waals surface area contributed by atoms with Crippen LogP contribution >= 0.6 is 11.3 Å². The zero-order chi connectivity index (χ0) is 17.4. The zero-order valence-electron chi connectivity index (χ0n) is 14.3. The topological polar surface area (TPSA) is 72.1 Å². The van der Waals surface area contributed by atoms with E-state index in [2.05, 4.69) is 15.2 Å². The lowest BCUT2D eigenvalue weighted by Crippen LogP contribution is -2.37. The van der Waals surface area contributed by atoms with Crippen LogP contribution in [-0.4, -0.2) is 39.1 Å². The third kappa shape index (κ3) is 3.16. The van der Waals surface area contributed by atoms with Gasteiger partial charge in [-0.25, -0.2) is 4.98 Å². The van der Waals surface area contributed by atoms with Crippen molar-refractivity contribution in [3.63, 3.8) is 0 Å². The van der Waals surface area contributed by atoms with Gasteiger partial charge in [-0.2, -0.15) is 0 Å². The van der Waals surface area contributed by atoms with E-state index in [4.69, 9.17) is 4.42 Å². The molecule has 3 aromatic rings. The van der Waals surface area contributed by atoms with E-state index < -0.39 is 0 Å². The molecule has 2 aromatic heterocycles. The van der Waals surface area contributed by atoms with Crippen LogP contribution in [0.3, 0.4) is 0 Å². The monoisotopic (exact) mass is 356 g/mol. The highest BCUT2D eigenvalue weighted by atomic mass is 32.1. The van der Waals surface area contributed by atoms with E-state index in [1.807, 2.05) is 43.0 Å². The number of fused-ring (bicyclic) bond motifs is 1. The fourth-order valence-corrected chi connectivity index (χ4v) is 4.01. The zero-order valence-corrected chi connectivity index (χ0v) is 15.1. The molecule has 1 aliphatic heterocycles. The fourth-order valence-electron chi connectivity index (χ4n) is 3.07. The summed E-state index contributed by atoms with van der Waals surface area (Å²) in [6.07, 6.45) is 1.69. The third-order valence-corrected chi connectivity index (χ3v) is 5.58. The minimum Gasteiger partial charge on any atom is -0.425 e. The Hall–Kier alpha value is -2.28. The number of piperidine rings is 1. The molecule has 0 atom stereocenters. The first-order chi connectivity index (χ1) is 12.1. The highest BCUT2D eigenvalue weighted by Crippen LogP contribution is 2.30. The van der Waals surface area contributed by atoms with Crippen LogP contribution in [0.15, 0.2) is 28.7 Å². The summed E-state index contributed by atoms with van der Waals surface area (Å²) in [5.41, 5.74) is 0.887. The molecule has 1 amide bonds. The number of thiazole rings is 1. The number of likely N-dealkylation sites (tertiary alicyclic amines) is 1. The molecule has 7 heteroatoms. The van der Waals surface area contributed by atoms with Gasteiger partial charge < -0.3 is 9.32 Å². The molecule has 0 spiro atoms. The number of aromatic nitrogens is 3. The minimum absolute atomic E-state index is 0.0213. The van der Waals surface area contributed by atoms with Gasteiger partial charge in [0.25, 0.3) is 5.91 Å². The van der Waals surface area contributed by atoms with Crippen molar-refractivity contribution in [2.24, 2.45) is 0 Å². The van der Waals surface area contributed by atoms with Gasteiger partial charge >= 0.3 is 0 Å². The molecular weight excluding hydrogens is 336 g/mol. The van der Waals surface area contributed by atoms with Crippen LogP contribution in [0.5, 0.6) is 0 Å². The molecular formula is C18H20N4O2S. The van der Waals surface area contributed by atoms with E-state index in [0.29, 0.717) is 29.9 Å². The van der Waals surface area contributed by atoms with E-state index in [-0.39, 0.29) is 17.7 Å². The number of carbonyl (C=O) groups is 1. The van der Waals surface area contributed by atoms with E-state index in [1.165, 1.54) is 11.3 Å². The average molecular weight is 356 g/mol. The van der Waals surface area contributed by atoms with Gasteiger partial charge in [0.1, 0.15) is 0 Å². The van der Waals surface area contributed by atoms with Crippen LogP contribution in [-0.2, 0) is 0 Å². The summed E-state index contributed by atoms with van der Waals surface area (Å²) in [5.74, 6) is 1.88. The van der Waals surface area contributed by atoms with E-state index >= 15 is 0 Å². The predicted molar refractivity (Wildman–Crippen MR) is 95.9 cm³/mol. The third-order valence-electron chi connectivity index (χ3n) is 4.56. The van der Waals surface area contributed by atoms with Crippen LogP contribution in [0.1, 0.15) is 60.1 Å². The minimum atomic E-state index is 0.0213. The summed E-state index contributed by atoms with van der Waals surface area (Å²) >= 11 is 1.46. The standard InChI is InChI=1S/C18H20N4O2S/c1-11(2)15-20-21-16(24-15)12-7-9-22(10-8-12)18(23)17-19-13-5-3-4-6-14(13)25-17/h3-6,11-12H,7-10H2,1-2H3. The lowest BCUT2D eigenvalue weighted by molar-refractivity contribution is 0.0705. The van der Waals surface area contributed by atoms with Crippen LogP contribution < -0.4 is 0 Å². The first-order valence-corrected chi connectivity index (χ1v) is 9.41. The number of hydrogen-bond acceptors (Lipinski definition) is 6. The normalized spacial score (nSPS) is 16.0. The van der Waals surface area contributed by atoms with Gasteiger partial charge in [0.15, 0.2) is 5.01 Å². The van der Waals surface area contributed by atoms with Gasteiger partial charge in [0.2, 0.25) is 11.8 Å². The fraction of sp³-hybridized carbons (Fsp3) is 0.444. The van der Waals surface area contributed by atoms with E-state index in [9.17, 15) is 4.79 Å². The van der Waals surface area contributed by atoms with Crippen LogP contribution in [0.4, 0.5) is 0 Å². The number of nitrogens with zero attached hydrogens (tertiary/aromatic N) is 4. The first-order valence-electron chi connectivity index (χ1n) is 8.60. The largest absolute Gasteiger partial charge is 0.425 e. The Morgan fingerprint density at radius 2 is 2.00 bits per heavy atom. The molecule has 3 heterocycles. The van der Waals surface area contributed by atoms with Gasteiger partial charge in [0.05, 0.1) is 10.2 Å². The van der Waals surface area contributed by atoms with Crippen LogP contribution in [0, 0.1) is 0 Å². The van der Waals surface area contributed by atoms with Gasteiger partial charge in [0, 0.05) is 24.9 Å². The lowest BCUT2D eigenvalue weighted by atomic mass is 9.97. The second-order valence-electron chi connectivity index (χ2n) is 6.69. The molecule has 6 nitrogen and oxygen atoms in total. The molecule has 1 aliphatic rings. The quantitative estimate of drug-likeness (QED) is 0.713. The van der Waals surface area contributed by atoms with E-state index in [0.717, 1.165) is 23.1 Å². The van der Waals surface area contributed by atoms with Crippen LogP contribution in [0.25, 0.3) is 10.2 Å². The molecule has 1 fully saturated rings. The van der Waals surface area contributed by atoms with Gasteiger partial charge in [-0.3, -0.25) is 4.79 Å². The average Bonchev–Trinajstić information content (AvgIpc) is 3.28. The molecule has 1 saturated heterocycles. The van der Waals surface area contributed by atoms with Crippen molar-refractivity contribution in [3.8, 4) is 0 Å². The molecule has 1 aromatic carbocycles. The molecule has 0 bridgehead atoms. The molecule has 0 radical (unpaired) electrons. The van der Waals surface area contributed by atoms with Crippen molar-refractivity contribution in [2.75, 3.05) is 13.1 Å². The molecule has 0 N–H and O–H groups in total. The van der Waals surface area contributed by atoms with Crippen molar-refractivity contribution in [1.29, 1.82) is 0 Å². The maximum absolute atomic E-state index is 12.7. The van der Waals surface area contributed by atoms with Crippen molar-refractivity contribution in [3.05, 3.63) is 41.1 Å². The summed E-state index contributed by atoms with van der Waals surface area (Å²) in [7, 11) is 0. The Morgan fingerprint density at radius 3 is 2.68 bits per heavy atom. The Kier molecular flexibility index (Phi) is 4.25. The summed E-state index contributed by atoms with van der Waals surface area (Å²) in [5, 5.41) is 8.87. The molecule has 0 saturated carbocycles. The maximum atomic E-state index is 12.7. The Morgan fingerprint density at radius 1 is 1.24 bits per heavy atom. The smallest absolute Gasteiger partial charge is 0.282 e. The Balaban J connectivity index is 1.43. The van der Waals surface area contributed by atoms with Gasteiger partial charge in [-0.15, -0.1) is 21.5 Å². The number of amides is 1. The summed E-state index contributed by atoms with van der Waals surface area (Å²) in [6.45, 7) is 5.46. The summed E-state index contributed by atoms with van der Waals surface area (Å²) in [4.78, 5) is 19.1.